The Hall–Kier alpha value is -3.21. The molecule has 4 nitrogen and oxygen atoms in total. The van der Waals surface area contributed by atoms with Crippen molar-refractivity contribution in [2.75, 3.05) is 16.8 Å². The molecule has 0 bridgehead atoms. The van der Waals surface area contributed by atoms with Gasteiger partial charge in [0.2, 0.25) is 0 Å². The molecule has 0 radical (unpaired) electrons. The van der Waals surface area contributed by atoms with E-state index in [-0.39, 0.29) is 11.6 Å². The number of amides is 1. The predicted octanol–water partition coefficient (Wildman–Crippen LogP) is 4.50. The van der Waals surface area contributed by atoms with E-state index in [0.717, 1.165) is 18.8 Å². The highest BCUT2D eigenvalue weighted by atomic mass is 19.1. The van der Waals surface area contributed by atoms with E-state index in [0.29, 0.717) is 5.69 Å². The third-order valence-electron chi connectivity index (χ3n) is 4.03. The number of halogens is 1. The summed E-state index contributed by atoms with van der Waals surface area (Å²) in [6.45, 7) is 3.67. The van der Waals surface area contributed by atoms with Gasteiger partial charge in [0, 0.05) is 18.8 Å². The molecule has 2 aromatic carbocycles. The summed E-state index contributed by atoms with van der Waals surface area (Å²) in [6, 6.07) is 19.5. The van der Waals surface area contributed by atoms with Crippen molar-refractivity contribution in [1.29, 1.82) is 0 Å². The van der Waals surface area contributed by atoms with Crippen molar-refractivity contribution in [2.24, 2.45) is 0 Å². The monoisotopic (exact) mass is 349 g/mol. The Labute approximate surface area is 152 Å². The van der Waals surface area contributed by atoms with Gasteiger partial charge in [-0.1, -0.05) is 36.4 Å². The first kappa shape index (κ1) is 17.6. The average molecular weight is 349 g/mol. The van der Waals surface area contributed by atoms with Crippen LogP contribution in [-0.4, -0.2) is 17.4 Å². The summed E-state index contributed by atoms with van der Waals surface area (Å²) in [7, 11) is 0. The minimum atomic E-state index is -0.398. The van der Waals surface area contributed by atoms with E-state index in [1.165, 1.54) is 17.7 Å². The van der Waals surface area contributed by atoms with Crippen molar-refractivity contribution in [1.82, 2.24) is 4.98 Å². The Bertz CT molecular complexity index is 866. The van der Waals surface area contributed by atoms with Gasteiger partial charge in [0.1, 0.15) is 11.5 Å². The molecule has 5 heteroatoms. The molecule has 0 spiro atoms. The third-order valence-corrected chi connectivity index (χ3v) is 4.03. The fourth-order valence-corrected chi connectivity index (χ4v) is 2.66. The van der Waals surface area contributed by atoms with E-state index in [1.54, 1.807) is 24.4 Å². The molecule has 0 saturated carbocycles. The van der Waals surface area contributed by atoms with Gasteiger partial charge in [-0.05, 0) is 42.8 Å². The van der Waals surface area contributed by atoms with Gasteiger partial charge in [0.25, 0.3) is 5.91 Å². The van der Waals surface area contributed by atoms with E-state index in [1.807, 2.05) is 24.3 Å². The van der Waals surface area contributed by atoms with E-state index >= 15 is 0 Å². The van der Waals surface area contributed by atoms with Gasteiger partial charge >= 0.3 is 0 Å². The first-order valence-electron chi connectivity index (χ1n) is 8.47. The number of anilines is 2. The number of nitrogens with zero attached hydrogens (tertiary/aromatic N) is 2. The van der Waals surface area contributed by atoms with Crippen molar-refractivity contribution in [3.63, 3.8) is 0 Å². The summed E-state index contributed by atoms with van der Waals surface area (Å²) in [4.78, 5) is 18.7. The third kappa shape index (κ3) is 4.45. The lowest BCUT2D eigenvalue weighted by atomic mass is 10.2. The lowest BCUT2D eigenvalue weighted by molar-refractivity contribution is 0.102. The molecule has 1 N–H and O–H groups in total. The van der Waals surface area contributed by atoms with Crippen LogP contribution in [0.25, 0.3) is 0 Å². The largest absolute Gasteiger partial charge is 0.366 e. The number of pyridine rings is 1. The summed E-state index contributed by atoms with van der Waals surface area (Å²) in [6.07, 6.45) is 1.69. The molecule has 3 aromatic rings. The number of carbonyl (C=O) groups is 1. The highest BCUT2D eigenvalue weighted by molar-refractivity contribution is 6.02. The van der Waals surface area contributed by atoms with Crippen LogP contribution in [0.2, 0.25) is 0 Å². The van der Waals surface area contributed by atoms with Crippen LogP contribution in [0.3, 0.4) is 0 Å². The molecular weight excluding hydrogens is 329 g/mol. The van der Waals surface area contributed by atoms with Gasteiger partial charge < -0.3 is 10.2 Å². The van der Waals surface area contributed by atoms with Gasteiger partial charge in [0.05, 0.1) is 11.9 Å². The van der Waals surface area contributed by atoms with Crippen LogP contribution >= 0.6 is 0 Å². The second kappa shape index (κ2) is 8.25. The number of hydrogen-bond acceptors (Lipinski definition) is 3. The number of hydrogen-bond donors (Lipinski definition) is 1. The maximum atomic E-state index is 13.2. The SMILES string of the molecule is CCN(Cc1ccccc1)c1ccc(C(=O)Nc2cccc(F)c2)nc1. The van der Waals surface area contributed by atoms with Crippen LogP contribution in [0.1, 0.15) is 23.0 Å². The van der Waals surface area contributed by atoms with Crippen molar-refractivity contribution in [2.45, 2.75) is 13.5 Å². The molecule has 0 aliphatic rings. The maximum absolute atomic E-state index is 13.2. The quantitative estimate of drug-likeness (QED) is 0.713. The second-order valence-electron chi connectivity index (χ2n) is 5.87. The number of aromatic nitrogens is 1. The van der Waals surface area contributed by atoms with Crippen molar-refractivity contribution >= 4 is 17.3 Å². The molecule has 132 valence electrons. The highest BCUT2D eigenvalue weighted by Crippen LogP contribution is 2.17. The molecule has 0 saturated heterocycles. The van der Waals surface area contributed by atoms with Gasteiger partial charge in [-0.15, -0.1) is 0 Å². The van der Waals surface area contributed by atoms with Crippen molar-refractivity contribution < 1.29 is 9.18 Å². The summed E-state index contributed by atoms with van der Waals surface area (Å²) in [5, 5.41) is 2.65. The van der Waals surface area contributed by atoms with E-state index < -0.39 is 5.82 Å². The molecule has 3 rings (SSSR count). The van der Waals surface area contributed by atoms with Gasteiger partial charge in [-0.3, -0.25) is 4.79 Å². The standard InChI is InChI=1S/C21H20FN3O/c1-2-25(15-16-7-4-3-5-8-16)19-11-12-20(23-14-19)21(26)24-18-10-6-9-17(22)13-18/h3-14H,2,15H2,1H3,(H,24,26). The van der Waals surface area contributed by atoms with Crippen molar-refractivity contribution in [3.8, 4) is 0 Å². The molecule has 1 aromatic heterocycles. The number of nitrogens with one attached hydrogen (secondary N) is 1. The van der Waals surface area contributed by atoms with Gasteiger partial charge in [-0.25, -0.2) is 9.37 Å². The minimum absolute atomic E-state index is 0.286. The first-order valence-corrected chi connectivity index (χ1v) is 8.47. The summed E-state index contributed by atoms with van der Waals surface area (Å²) >= 11 is 0. The Morgan fingerprint density at radius 2 is 1.88 bits per heavy atom. The topological polar surface area (TPSA) is 45.2 Å². The summed E-state index contributed by atoms with van der Waals surface area (Å²) in [5.41, 5.74) is 2.84. The molecule has 0 atom stereocenters. The van der Waals surface area contributed by atoms with Crippen molar-refractivity contribution in [3.05, 3.63) is 90.0 Å². The summed E-state index contributed by atoms with van der Waals surface area (Å²) < 4.78 is 13.2. The molecule has 0 unspecified atom stereocenters. The average Bonchev–Trinajstić information content (AvgIpc) is 2.67. The lowest BCUT2D eigenvalue weighted by Crippen LogP contribution is -2.22. The fourth-order valence-electron chi connectivity index (χ4n) is 2.66. The predicted molar refractivity (Wildman–Crippen MR) is 102 cm³/mol. The second-order valence-corrected chi connectivity index (χ2v) is 5.87. The van der Waals surface area contributed by atoms with Crippen LogP contribution < -0.4 is 10.2 Å². The molecule has 1 heterocycles. The van der Waals surface area contributed by atoms with E-state index in [2.05, 4.69) is 34.3 Å². The summed E-state index contributed by atoms with van der Waals surface area (Å²) in [5.74, 6) is -0.765. The molecule has 0 fully saturated rings. The van der Waals surface area contributed by atoms with E-state index in [9.17, 15) is 9.18 Å². The van der Waals surface area contributed by atoms with Gasteiger partial charge in [0.15, 0.2) is 0 Å². The number of benzene rings is 2. The molecule has 0 aliphatic heterocycles. The zero-order chi connectivity index (χ0) is 18.4. The fraction of sp³-hybridized carbons (Fsp3) is 0.143. The van der Waals surface area contributed by atoms with Crippen LogP contribution in [-0.2, 0) is 6.54 Å². The molecule has 1 amide bonds. The first-order chi connectivity index (χ1) is 12.7. The zero-order valence-electron chi connectivity index (χ0n) is 14.5. The Morgan fingerprint density at radius 3 is 2.54 bits per heavy atom. The zero-order valence-corrected chi connectivity index (χ0v) is 14.5. The van der Waals surface area contributed by atoms with Crippen LogP contribution in [0.15, 0.2) is 72.9 Å². The van der Waals surface area contributed by atoms with Crippen LogP contribution in [0.5, 0.6) is 0 Å². The minimum Gasteiger partial charge on any atom is -0.366 e. The normalized spacial score (nSPS) is 10.4. The molecule has 26 heavy (non-hydrogen) atoms. The Kier molecular flexibility index (Phi) is 5.59. The lowest BCUT2D eigenvalue weighted by Gasteiger charge is -2.23. The maximum Gasteiger partial charge on any atom is 0.274 e. The number of carbonyl (C=O) groups excluding carboxylic acids is 1. The number of rotatable bonds is 6. The highest BCUT2D eigenvalue weighted by Gasteiger charge is 2.10. The molecule has 0 aliphatic carbocycles. The smallest absolute Gasteiger partial charge is 0.274 e. The Balaban J connectivity index is 1.69. The van der Waals surface area contributed by atoms with Crippen LogP contribution in [0.4, 0.5) is 15.8 Å². The van der Waals surface area contributed by atoms with Gasteiger partial charge in [-0.2, -0.15) is 0 Å². The Morgan fingerprint density at radius 1 is 1.08 bits per heavy atom. The van der Waals surface area contributed by atoms with Crippen LogP contribution in [0, 0.1) is 5.82 Å². The molecular formula is C21H20FN3O. The van der Waals surface area contributed by atoms with E-state index in [4.69, 9.17) is 0 Å².